The van der Waals surface area contributed by atoms with Crippen molar-refractivity contribution in [3.05, 3.63) is 47.7 Å². The van der Waals surface area contributed by atoms with Gasteiger partial charge in [-0.1, -0.05) is 18.2 Å². The van der Waals surface area contributed by atoms with E-state index in [0.29, 0.717) is 6.42 Å². The lowest BCUT2D eigenvalue weighted by atomic mass is 9.99. The predicted octanol–water partition coefficient (Wildman–Crippen LogP) is 2.89. The van der Waals surface area contributed by atoms with Crippen LogP contribution >= 0.6 is 0 Å². The monoisotopic (exact) mass is 392 g/mol. The Morgan fingerprint density at radius 1 is 1.17 bits per heavy atom. The molecule has 1 N–H and O–H groups in total. The molecule has 1 aromatic carbocycles. The van der Waals surface area contributed by atoms with Crippen LogP contribution in [0.1, 0.15) is 48.9 Å². The van der Waals surface area contributed by atoms with Crippen LogP contribution in [0.3, 0.4) is 0 Å². The molecule has 2 aliphatic rings. The van der Waals surface area contributed by atoms with Gasteiger partial charge in [-0.05, 0) is 44.4 Å². The molecule has 0 radical (unpaired) electrons. The molecular weight excluding hydrogens is 364 g/mol. The SMILES string of the molecule is CN1CCn2c(nnc2C2CCCCN2C(=O)CCc2c[nH]c3ccccc23)C1. The van der Waals surface area contributed by atoms with Gasteiger partial charge in [-0.25, -0.2) is 0 Å². The van der Waals surface area contributed by atoms with Gasteiger partial charge in [0.15, 0.2) is 5.82 Å². The first-order chi connectivity index (χ1) is 14.2. The van der Waals surface area contributed by atoms with Gasteiger partial charge >= 0.3 is 0 Å². The number of carbonyl (C=O) groups is 1. The van der Waals surface area contributed by atoms with Crippen LogP contribution < -0.4 is 0 Å². The number of hydrogen-bond acceptors (Lipinski definition) is 4. The van der Waals surface area contributed by atoms with E-state index in [4.69, 9.17) is 0 Å². The molecule has 7 nitrogen and oxygen atoms in total. The summed E-state index contributed by atoms with van der Waals surface area (Å²) >= 11 is 0. The van der Waals surface area contributed by atoms with Crippen molar-refractivity contribution in [3.8, 4) is 0 Å². The Bertz CT molecular complexity index is 1020. The molecule has 1 unspecified atom stereocenters. The first kappa shape index (κ1) is 18.4. The maximum atomic E-state index is 13.2. The van der Waals surface area contributed by atoms with E-state index in [2.05, 4.69) is 48.7 Å². The normalized spacial score (nSPS) is 20.2. The molecule has 1 fully saturated rings. The minimum Gasteiger partial charge on any atom is -0.361 e. The first-order valence-electron chi connectivity index (χ1n) is 10.7. The molecule has 0 spiro atoms. The number of fused-ring (bicyclic) bond motifs is 2. The number of nitrogens with one attached hydrogen (secondary N) is 1. The van der Waals surface area contributed by atoms with Crippen molar-refractivity contribution in [3.63, 3.8) is 0 Å². The zero-order valence-electron chi connectivity index (χ0n) is 17.0. The smallest absolute Gasteiger partial charge is 0.223 e. The second-order valence-corrected chi connectivity index (χ2v) is 8.32. The number of aromatic amines is 1. The quantitative estimate of drug-likeness (QED) is 0.741. The molecule has 5 rings (SSSR count). The number of aryl methyl sites for hydroxylation is 1. The summed E-state index contributed by atoms with van der Waals surface area (Å²) in [5.41, 5.74) is 2.34. The zero-order chi connectivity index (χ0) is 19.8. The number of H-pyrrole nitrogens is 1. The maximum Gasteiger partial charge on any atom is 0.223 e. The molecule has 3 aromatic rings. The average molecular weight is 393 g/mol. The number of benzene rings is 1. The fourth-order valence-electron chi connectivity index (χ4n) is 4.77. The van der Waals surface area contributed by atoms with Gasteiger partial charge in [-0.15, -0.1) is 10.2 Å². The van der Waals surface area contributed by atoms with Crippen molar-refractivity contribution in [1.82, 2.24) is 29.5 Å². The van der Waals surface area contributed by atoms with Crippen LogP contribution in [0.25, 0.3) is 10.9 Å². The number of carbonyl (C=O) groups excluding carboxylic acids is 1. The Kier molecular flexibility index (Phi) is 4.83. The van der Waals surface area contributed by atoms with E-state index in [1.807, 2.05) is 18.3 Å². The summed E-state index contributed by atoms with van der Waals surface area (Å²) in [6.45, 7) is 3.55. The van der Waals surface area contributed by atoms with Crippen LogP contribution in [0.4, 0.5) is 0 Å². The third-order valence-electron chi connectivity index (χ3n) is 6.38. The van der Waals surface area contributed by atoms with Crippen LogP contribution in [-0.2, 0) is 24.3 Å². The van der Waals surface area contributed by atoms with Gasteiger partial charge < -0.3 is 14.5 Å². The lowest BCUT2D eigenvalue weighted by Crippen LogP contribution is -2.40. The molecule has 29 heavy (non-hydrogen) atoms. The number of likely N-dealkylation sites (N-methyl/N-ethyl adjacent to an activating group) is 1. The summed E-state index contributed by atoms with van der Waals surface area (Å²) in [5, 5.41) is 10.2. The molecule has 1 amide bonds. The topological polar surface area (TPSA) is 70.1 Å². The summed E-state index contributed by atoms with van der Waals surface area (Å²) in [5.74, 6) is 2.23. The summed E-state index contributed by atoms with van der Waals surface area (Å²) in [6, 6.07) is 8.34. The standard InChI is InChI=1S/C22H28N6O/c1-26-12-13-28-20(15-26)24-25-22(28)19-8-4-5-11-27(19)21(29)10-9-16-14-23-18-7-3-2-6-17(16)18/h2-3,6-7,14,19,23H,4-5,8-13,15H2,1H3. The molecule has 2 aliphatic heterocycles. The molecule has 4 heterocycles. The van der Waals surface area contributed by atoms with Gasteiger partial charge in [-0.2, -0.15) is 0 Å². The minimum atomic E-state index is 0.0591. The number of rotatable bonds is 4. The predicted molar refractivity (Wildman–Crippen MR) is 111 cm³/mol. The number of hydrogen-bond donors (Lipinski definition) is 1. The molecule has 7 heteroatoms. The number of piperidine rings is 1. The molecule has 152 valence electrons. The number of aromatic nitrogens is 4. The highest BCUT2D eigenvalue weighted by molar-refractivity contribution is 5.84. The third kappa shape index (κ3) is 3.44. The summed E-state index contributed by atoms with van der Waals surface area (Å²) in [6.07, 6.45) is 6.51. The Labute approximate surface area is 170 Å². The summed E-state index contributed by atoms with van der Waals surface area (Å²) < 4.78 is 2.25. The van der Waals surface area contributed by atoms with Crippen LogP contribution in [0.15, 0.2) is 30.5 Å². The van der Waals surface area contributed by atoms with Crippen molar-refractivity contribution in [2.75, 3.05) is 20.1 Å². The van der Waals surface area contributed by atoms with Crippen LogP contribution in [0.5, 0.6) is 0 Å². The van der Waals surface area contributed by atoms with Crippen molar-refractivity contribution in [1.29, 1.82) is 0 Å². The molecule has 1 saturated heterocycles. The summed E-state index contributed by atoms with van der Waals surface area (Å²) in [7, 11) is 2.11. The maximum absolute atomic E-state index is 13.2. The van der Waals surface area contributed by atoms with E-state index in [1.165, 1.54) is 10.9 Å². The molecule has 0 aliphatic carbocycles. The summed E-state index contributed by atoms with van der Waals surface area (Å²) in [4.78, 5) is 20.8. The van der Waals surface area contributed by atoms with E-state index in [0.717, 1.165) is 69.0 Å². The van der Waals surface area contributed by atoms with Gasteiger partial charge in [0.2, 0.25) is 5.91 Å². The minimum absolute atomic E-state index is 0.0591. The van der Waals surface area contributed by atoms with E-state index in [9.17, 15) is 4.79 Å². The van der Waals surface area contributed by atoms with Gasteiger partial charge in [0.25, 0.3) is 0 Å². The molecule has 0 saturated carbocycles. The molecule has 2 aromatic heterocycles. The number of nitrogens with zero attached hydrogens (tertiary/aromatic N) is 5. The Hall–Kier alpha value is -2.67. The molecule has 1 atom stereocenters. The second-order valence-electron chi connectivity index (χ2n) is 8.32. The van der Waals surface area contributed by atoms with Crippen molar-refractivity contribution in [2.45, 2.75) is 51.2 Å². The lowest BCUT2D eigenvalue weighted by Gasteiger charge is -2.36. The van der Waals surface area contributed by atoms with Crippen LogP contribution in [-0.4, -0.2) is 55.6 Å². The fraction of sp³-hybridized carbons (Fsp3) is 0.500. The first-order valence-corrected chi connectivity index (χ1v) is 10.7. The lowest BCUT2D eigenvalue weighted by molar-refractivity contribution is -0.135. The van der Waals surface area contributed by atoms with Crippen molar-refractivity contribution < 1.29 is 4.79 Å². The fourth-order valence-corrected chi connectivity index (χ4v) is 4.77. The van der Waals surface area contributed by atoms with Crippen LogP contribution in [0, 0.1) is 0 Å². The van der Waals surface area contributed by atoms with E-state index in [-0.39, 0.29) is 11.9 Å². The molecule has 0 bridgehead atoms. The van der Waals surface area contributed by atoms with Crippen molar-refractivity contribution in [2.24, 2.45) is 0 Å². The Morgan fingerprint density at radius 2 is 2.07 bits per heavy atom. The number of likely N-dealkylation sites (tertiary alicyclic amines) is 1. The Balaban J connectivity index is 1.33. The van der Waals surface area contributed by atoms with E-state index >= 15 is 0 Å². The van der Waals surface area contributed by atoms with E-state index < -0.39 is 0 Å². The van der Waals surface area contributed by atoms with Crippen LogP contribution in [0.2, 0.25) is 0 Å². The van der Waals surface area contributed by atoms with Gasteiger partial charge in [0, 0.05) is 43.2 Å². The average Bonchev–Trinajstić information content (AvgIpc) is 3.35. The second kappa shape index (κ2) is 7.63. The van der Waals surface area contributed by atoms with Crippen molar-refractivity contribution >= 4 is 16.8 Å². The highest BCUT2D eigenvalue weighted by atomic mass is 16.2. The molecular formula is C22H28N6O. The van der Waals surface area contributed by atoms with Gasteiger partial charge in [0.1, 0.15) is 5.82 Å². The number of para-hydroxylation sites is 1. The third-order valence-corrected chi connectivity index (χ3v) is 6.38. The highest BCUT2D eigenvalue weighted by Crippen LogP contribution is 2.32. The zero-order valence-corrected chi connectivity index (χ0v) is 17.0. The Morgan fingerprint density at radius 3 is 3.00 bits per heavy atom. The largest absolute Gasteiger partial charge is 0.361 e. The number of amides is 1. The van der Waals surface area contributed by atoms with Gasteiger partial charge in [-0.3, -0.25) is 9.69 Å². The highest BCUT2D eigenvalue weighted by Gasteiger charge is 2.33. The van der Waals surface area contributed by atoms with E-state index in [1.54, 1.807) is 0 Å². The van der Waals surface area contributed by atoms with Gasteiger partial charge in [0.05, 0.1) is 12.6 Å².